The van der Waals surface area contributed by atoms with E-state index in [1.807, 2.05) is 12.1 Å². The standard InChI is InChI=1S/C20H25Cl2FN2O2/c1-25(2)9-5-8-24-12-14-10-17(22)20(19(11-14)26-3)27-13-15-16(21)6-4-7-18(15)23/h4,6-7,10-11,24H,5,8-9,12-13H2,1-3H3. The molecule has 0 fully saturated rings. The van der Waals surface area contributed by atoms with Crippen LogP contribution in [0, 0.1) is 5.82 Å². The molecule has 2 aromatic rings. The summed E-state index contributed by atoms with van der Waals surface area (Å²) in [6.07, 6.45) is 1.06. The summed E-state index contributed by atoms with van der Waals surface area (Å²) >= 11 is 12.4. The summed E-state index contributed by atoms with van der Waals surface area (Å²) in [7, 11) is 5.65. The molecule has 0 unspecified atom stereocenters. The van der Waals surface area contributed by atoms with Gasteiger partial charge in [0, 0.05) is 12.1 Å². The van der Waals surface area contributed by atoms with E-state index in [0.29, 0.717) is 28.1 Å². The van der Waals surface area contributed by atoms with E-state index in [4.69, 9.17) is 32.7 Å². The monoisotopic (exact) mass is 414 g/mol. The number of hydrogen-bond acceptors (Lipinski definition) is 4. The molecule has 0 aromatic heterocycles. The number of rotatable bonds is 10. The van der Waals surface area contributed by atoms with Gasteiger partial charge in [-0.3, -0.25) is 0 Å². The van der Waals surface area contributed by atoms with E-state index < -0.39 is 5.82 Å². The maximum Gasteiger partial charge on any atom is 0.180 e. The first-order valence-corrected chi connectivity index (χ1v) is 9.45. The molecule has 27 heavy (non-hydrogen) atoms. The second kappa shape index (κ2) is 10.7. The van der Waals surface area contributed by atoms with Crippen LogP contribution in [0.5, 0.6) is 11.5 Å². The van der Waals surface area contributed by atoms with Crippen molar-refractivity contribution >= 4 is 23.2 Å². The van der Waals surface area contributed by atoms with Crippen LogP contribution < -0.4 is 14.8 Å². The minimum absolute atomic E-state index is 0.0380. The van der Waals surface area contributed by atoms with Gasteiger partial charge in [0.05, 0.1) is 17.2 Å². The minimum Gasteiger partial charge on any atom is -0.493 e. The van der Waals surface area contributed by atoms with Crippen molar-refractivity contribution in [1.29, 1.82) is 0 Å². The first kappa shape index (κ1) is 21.8. The summed E-state index contributed by atoms with van der Waals surface area (Å²) in [6.45, 7) is 2.57. The van der Waals surface area contributed by atoms with Crippen molar-refractivity contribution in [2.45, 2.75) is 19.6 Å². The Labute approximate surface area is 170 Å². The van der Waals surface area contributed by atoms with Gasteiger partial charge in [0.15, 0.2) is 11.5 Å². The van der Waals surface area contributed by atoms with Gasteiger partial charge in [0.1, 0.15) is 12.4 Å². The lowest BCUT2D eigenvalue weighted by atomic mass is 10.2. The third kappa shape index (κ3) is 6.54. The molecule has 0 bridgehead atoms. The minimum atomic E-state index is -0.420. The average Bonchev–Trinajstić information content (AvgIpc) is 2.61. The Morgan fingerprint density at radius 3 is 2.59 bits per heavy atom. The maximum absolute atomic E-state index is 13.9. The number of hydrogen-bond donors (Lipinski definition) is 1. The van der Waals surface area contributed by atoms with Crippen LogP contribution in [0.1, 0.15) is 17.5 Å². The Bertz CT molecular complexity index is 737. The van der Waals surface area contributed by atoms with Crippen molar-refractivity contribution in [3.63, 3.8) is 0 Å². The summed E-state index contributed by atoms with van der Waals surface area (Å²) in [6, 6.07) is 8.20. The van der Waals surface area contributed by atoms with E-state index in [1.165, 1.54) is 6.07 Å². The molecule has 4 nitrogen and oxygen atoms in total. The van der Waals surface area contributed by atoms with Crippen molar-refractivity contribution in [3.05, 3.63) is 57.3 Å². The van der Waals surface area contributed by atoms with Gasteiger partial charge in [-0.2, -0.15) is 0 Å². The largest absolute Gasteiger partial charge is 0.493 e. The van der Waals surface area contributed by atoms with Crippen LogP contribution >= 0.6 is 23.2 Å². The molecule has 0 saturated carbocycles. The molecule has 0 aliphatic carbocycles. The van der Waals surface area contributed by atoms with E-state index in [1.54, 1.807) is 19.2 Å². The highest BCUT2D eigenvalue weighted by atomic mass is 35.5. The summed E-state index contributed by atoms with van der Waals surface area (Å²) in [5.41, 5.74) is 1.27. The predicted octanol–water partition coefficient (Wildman–Crippen LogP) is 4.76. The predicted molar refractivity (Wildman–Crippen MR) is 109 cm³/mol. The number of ether oxygens (including phenoxy) is 2. The van der Waals surface area contributed by atoms with Crippen LogP contribution in [0.25, 0.3) is 0 Å². The van der Waals surface area contributed by atoms with Crippen molar-refractivity contribution in [3.8, 4) is 11.5 Å². The van der Waals surface area contributed by atoms with Gasteiger partial charge >= 0.3 is 0 Å². The summed E-state index contributed by atoms with van der Waals surface area (Å²) in [5, 5.41) is 4.10. The molecule has 0 radical (unpaired) electrons. The number of benzene rings is 2. The normalized spacial score (nSPS) is 11.1. The number of halogens is 3. The van der Waals surface area contributed by atoms with Gasteiger partial charge < -0.3 is 19.7 Å². The lowest BCUT2D eigenvalue weighted by Crippen LogP contribution is -2.21. The maximum atomic E-state index is 13.9. The van der Waals surface area contributed by atoms with Crippen LogP contribution in [0.3, 0.4) is 0 Å². The third-order valence-corrected chi connectivity index (χ3v) is 4.63. The second-order valence-corrected chi connectivity index (χ2v) is 7.25. The van der Waals surface area contributed by atoms with Crippen molar-refractivity contribution in [2.24, 2.45) is 0 Å². The van der Waals surface area contributed by atoms with E-state index >= 15 is 0 Å². The van der Waals surface area contributed by atoms with Gasteiger partial charge in [-0.15, -0.1) is 0 Å². The van der Waals surface area contributed by atoms with E-state index in [9.17, 15) is 4.39 Å². The SMILES string of the molecule is COc1cc(CNCCCN(C)C)cc(Cl)c1OCc1c(F)cccc1Cl. The highest BCUT2D eigenvalue weighted by Gasteiger charge is 2.14. The van der Waals surface area contributed by atoms with Gasteiger partial charge in [-0.05, 0) is 63.4 Å². The molecule has 0 saturated heterocycles. The van der Waals surface area contributed by atoms with Gasteiger partial charge in [-0.1, -0.05) is 29.3 Å². The molecule has 0 heterocycles. The quantitative estimate of drug-likeness (QED) is 0.568. The van der Waals surface area contributed by atoms with Crippen molar-refractivity contribution in [2.75, 3.05) is 34.3 Å². The van der Waals surface area contributed by atoms with Gasteiger partial charge in [0.2, 0.25) is 0 Å². The van der Waals surface area contributed by atoms with E-state index in [-0.39, 0.29) is 12.2 Å². The number of methoxy groups -OCH3 is 1. The molecule has 7 heteroatoms. The topological polar surface area (TPSA) is 33.7 Å². The fourth-order valence-electron chi connectivity index (χ4n) is 2.58. The Balaban J connectivity index is 2.03. The molecule has 148 valence electrons. The highest BCUT2D eigenvalue weighted by Crippen LogP contribution is 2.37. The number of nitrogens with one attached hydrogen (secondary N) is 1. The van der Waals surface area contributed by atoms with Crippen molar-refractivity contribution < 1.29 is 13.9 Å². The Morgan fingerprint density at radius 2 is 1.93 bits per heavy atom. The molecule has 1 N–H and O–H groups in total. The van der Waals surface area contributed by atoms with E-state index in [0.717, 1.165) is 25.1 Å². The summed E-state index contributed by atoms with van der Waals surface area (Å²) in [5.74, 6) is 0.450. The Hall–Kier alpha value is -1.53. The number of nitrogens with zero attached hydrogens (tertiary/aromatic N) is 1. The Kier molecular flexibility index (Phi) is 8.64. The molecule has 0 aliphatic heterocycles. The highest BCUT2D eigenvalue weighted by molar-refractivity contribution is 6.32. The first-order valence-electron chi connectivity index (χ1n) is 8.70. The molecule has 2 rings (SSSR count). The molecule has 0 aliphatic rings. The fraction of sp³-hybridized carbons (Fsp3) is 0.400. The first-order chi connectivity index (χ1) is 12.9. The molecule has 2 aromatic carbocycles. The zero-order chi connectivity index (χ0) is 19.8. The fourth-order valence-corrected chi connectivity index (χ4v) is 3.09. The lowest BCUT2D eigenvalue weighted by molar-refractivity contribution is 0.280. The van der Waals surface area contributed by atoms with Crippen molar-refractivity contribution in [1.82, 2.24) is 10.2 Å². The third-order valence-electron chi connectivity index (χ3n) is 4.00. The van der Waals surface area contributed by atoms with Gasteiger partial charge in [-0.25, -0.2) is 4.39 Å². The Morgan fingerprint density at radius 1 is 1.15 bits per heavy atom. The summed E-state index contributed by atoms with van der Waals surface area (Å²) < 4.78 is 25.0. The summed E-state index contributed by atoms with van der Waals surface area (Å²) in [4.78, 5) is 2.15. The van der Waals surface area contributed by atoms with Crippen LogP contribution in [-0.2, 0) is 13.2 Å². The zero-order valence-electron chi connectivity index (χ0n) is 15.8. The zero-order valence-corrected chi connectivity index (χ0v) is 17.3. The molecular weight excluding hydrogens is 390 g/mol. The molecule has 0 spiro atoms. The van der Waals surface area contributed by atoms with E-state index in [2.05, 4.69) is 24.3 Å². The average molecular weight is 415 g/mol. The van der Waals surface area contributed by atoms with Crippen LogP contribution in [-0.4, -0.2) is 39.2 Å². The smallest absolute Gasteiger partial charge is 0.180 e. The van der Waals surface area contributed by atoms with Crippen LogP contribution in [0.2, 0.25) is 10.0 Å². The lowest BCUT2D eigenvalue weighted by Gasteiger charge is -2.15. The van der Waals surface area contributed by atoms with Crippen LogP contribution in [0.4, 0.5) is 4.39 Å². The molecular formula is C20H25Cl2FN2O2. The van der Waals surface area contributed by atoms with Gasteiger partial charge in [0.25, 0.3) is 0 Å². The second-order valence-electron chi connectivity index (χ2n) is 6.43. The van der Waals surface area contributed by atoms with Crippen LogP contribution in [0.15, 0.2) is 30.3 Å². The molecule has 0 atom stereocenters. The molecule has 0 amide bonds.